The first-order chi connectivity index (χ1) is 11.2. The molecule has 0 aliphatic carbocycles. The first kappa shape index (κ1) is 15.3. The molecule has 2 aromatic carbocycles. The van der Waals surface area contributed by atoms with Gasteiger partial charge in [0.2, 0.25) is 0 Å². The number of fused-ring (bicyclic) bond motifs is 1. The first-order valence-corrected chi connectivity index (χ1v) is 7.77. The van der Waals surface area contributed by atoms with E-state index in [4.69, 9.17) is 10.5 Å². The van der Waals surface area contributed by atoms with E-state index >= 15 is 0 Å². The van der Waals surface area contributed by atoms with Gasteiger partial charge in [0.15, 0.2) is 0 Å². The Bertz CT molecular complexity index is 816. The highest BCUT2D eigenvalue weighted by Crippen LogP contribution is 2.34. The maximum Gasteiger partial charge on any atom is 0.280 e. The number of rotatable bonds is 5. The van der Waals surface area contributed by atoms with Crippen molar-refractivity contribution in [2.75, 3.05) is 25.5 Å². The highest BCUT2D eigenvalue weighted by atomic mass is 16.5. The SMILES string of the molecule is COc1ccc2c(NCCN)[nH+]c(C)c(-c3ccccc3)c2c1. The topological polar surface area (TPSA) is 61.4 Å². The van der Waals surface area contributed by atoms with Crippen molar-refractivity contribution in [2.45, 2.75) is 6.92 Å². The van der Waals surface area contributed by atoms with E-state index in [9.17, 15) is 0 Å². The quantitative estimate of drug-likeness (QED) is 0.761. The van der Waals surface area contributed by atoms with Crippen LogP contribution in [0.1, 0.15) is 5.69 Å². The molecule has 118 valence electrons. The molecule has 3 aromatic rings. The fourth-order valence-corrected chi connectivity index (χ4v) is 2.91. The molecule has 0 aliphatic heterocycles. The van der Waals surface area contributed by atoms with E-state index in [0.717, 1.165) is 34.6 Å². The molecule has 0 spiro atoms. The van der Waals surface area contributed by atoms with Crippen molar-refractivity contribution < 1.29 is 9.72 Å². The van der Waals surface area contributed by atoms with Crippen molar-refractivity contribution >= 4 is 16.6 Å². The Morgan fingerprint density at radius 1 is 1.09 bits per heavy atom. The van der Waals surface area contributed by atoms with Gasteiger partial charge in [0, 0.05) is 17.5 Å². The number of pyridine rings is 1. The molecule has 4 nitrogen and oxygen atoms in total. The molecule has 4 N–H and O–H groups in total. The van der Waals surface area contributed by atoms with Crippen LogP contribution in [-0.4, -0.2) is 20.2 Å². The minimum absolute atomic E-state index is 0.588. The lowest BCUT2D eigenvalue weighted by Gasteiger charge is -2.12. The molecular formula is C19H22N3O+. The van der Waals surface area contributed by atoms with Gasteiger partial charge >= 0.3 is 0 Å². The van der Waals surface area contributed by atoms with E-state index in [1.807, 2.05) is 12.1 Å². The number of aryl methyl sites for hydroxylation is 1. The number of methoxy groups -OCH3 is 1. The highest BCUT2D eigenvalue weighted by Gasteiger charge is 2.17. The summed E-state index contributed by atoms with van der Waals surface area (Å²) in [5, 5.41) is 5.66. The van der Waals surface area contributed by atoms with Crippen LogP contribution in [0.15, 0.2) is 48.5 Å². The van der Waals surface area contributed by atoms with Gasteiger partial charge in [-0.1, -0.05) is 30.3 Å². The second-order valence-electron chi connectivity index (χ2n) is 5.49. The Morgan fingerprint density at radius 2 is 1.87 bits per heavy atom. The number of aromatic nitrogens is 1. The molecule has 23 heavy (non-hydrogen) atoms. The lowest BCUT2D eigenvalue weighted by Crippen LogP contribution is -2.22. The van der Waals surface area contributed by atoms with Crippen molar-refractivity contribution in [3.05, 3.63) is 54.2 Å². The van der Waals surface area contributed by atoms with Crippen LogP contribution in [0, 0.1) is 6.92 Å². The summed E-state index contributed by atoms with van der Waals surface area (Å²) in [6.07, 6.45) is 0. The second kappa shape index (κ2) is 6.67. The Hall–Kier alpha value is -2.59. The fraction of sp³-hybridized carbons (Fsp3) is 0.211. The number of benzene rings is 2. The summed E-state index contributed by atoms with van der Waals surface area (Å²) < 4.78 is 5.42. The summed E-state index contributed by atoms with van der Waals surface area (Å²) in [6, 6.07) is 16.5. The van der Waals surface area contributed by atoms with E-state index in [-0.39, 0.29) is 0 Å². The van der Waals surface area contributed by atoms with E-state index < -0.39 is 0 Å². The minimum Gasteiger partial charge on any atom is -0.497 e. The van der Waals surface area contributed by atoms with Crippen LogP contribution in [0.5, 0.6) is 5.75 Å². The van der Waals surface area contributed by atoms with Crippen LogP contribution in [0.25, 0.3) is 21.9 Å². The van der Waals surface area contributed by atoms with Gasteiger partial charge in [-0.25, -0.2) is 4.98 Å². The van der Waals surface area contributed by atoms with Crippen molar-refractivity contribution in [3.8, 4) is 16.9 Å². The molecule has 0 fully saturated rings. The number of anilines is 1. The number of aromatic amines is 1. The molecule has 0 radical (unpaired) electrons. The molecule has 1 aromatic heterocycles. The van der Waals surface area contributed by atoms with Gasteiger partial charge in [-0.05, 0) is 30.7 Å². The van der Waals surface area contributed by atoms with Crippen molar-refractivity contribution in [1.29, 1.82) is 0 Å². The largest absolute Gasteiger partial charge is 0.497 e. The molecule has 0 saturated carbocycles. The summed E-state index contributed by atoms with van der Waals surface area (Å²) in [4.78, 5) is 3.48. The number of nitrogens with one attached hydrogen (secondary N) is 2. The number of nitrogens with two attached hydrogens (primary N) is 1. The maximum atomic E-state index is 5.63. The molecular weight excluding hydrogens is 286 g/mol. The van der Waals surface area contributed by atoms with Crippen LogP contribution in [0.2, 0.25) is 0 Å². The van der Waals surface area contributed by atoms with E-state index in [0.29, 0.717) is 6.54 Å². The number of hydrogen-bond acceptors (Lipinski definition) is 3. The average molecular weight is 308 g/mol. The van der Waals surface area contributed by atoms with Gasteiger partial charge < -0.3 is 10.5 Å². The summed E-state index contributed by atoms with van der Waals surface area (Å²) in [6.45, 7) is 3.40. The minimum atomic E-state index is 0.588. The lowest BCUT2D eigenvalue weighted by atomic mass is 9.97. The van der Waals surface area contributed by atoms with Crippen LogP contribution in [0.4, 0.5) is 5.82 Å². The van der Waals surface area contributed by atoms with Gasteiger partial charge in [-0.15, -0.1) is 0 Å². The fourth-order valence-electron chi connectivity index (χ4n) is 2.91. The Kier molecular flexibility index (Phi) is 4.44. The summed E-state index contributed by atoms with van der Waals surface area (Å²) in [7, 11) is 1.69. The maximum absolute atomic E-state index is 5.63. The third-order valence-electron chi connectivity index (χ3n) is 3.96. The Morgan fingerprint density at radius 3 is 2.57 bits per heavy atom. The summed E-state index contributed by atoms with van der Waals surface area (Å²) >= 11 is 0. The average Bonchev–Trinajstić information content (AvgIpc) is 2.59. The van der Waals surface area contributed by atoms with Crippen LogP contribution < -0.4 is 20.8 Å². The first-order valence-electron chi connectivity index (χ1n) is 7.77. The number of ether oxygens (including phenoxy) is 1. The summed E-state index contributed by atoms with van der Waals surface area (Å²) in [5.41, 5.74) is 9.11. The third kappa shape index (κ3) is 2.98. The van der Waals surface area contributed by atoms with E-state index in [1.54, 1.807) is 7.11 Å². The van der Waals surface area contributed by atoms with Crippen LogP contribution >= 0.6 is 0 Å². The molecule has 0 atom stereocenters. The van der Waals surface area contributed by atoms with Gasteiger partial charge in [-0.3, -0.25) is 5.32 Å². The molecule has 0 bridgehead atoms. The predicted molar refractivity (Wildman–Crippen MR) is 94.8 cm³/mol. The van der Waals surface area contributed by atoms with Gasteiger partial charge in [0.1, 0.15) is 11.4 Å². The van der Waals surface area contributed by atoms with Crippen molar-refractivity contribution in [3.63, 3.8) is 0 Å². The lowest BCUT2D eigenvalue weighted by molar-refractivity contribution is -0.368. The standard InChI is InChI=1S/C19H21N3O/c1-13-18(14-6-4-3-5-7-14)17-12-15(23-2)8-9-16(17)19(22-13)21-11-10-20/h3-9,12H,10-11,20H2,1-2H3,(H,21,22)/p+1. The number of hydrogen-bond donors (Lipinski definition) is 2. The zero-order valence-corrected chi connectivity index (χ0v) is 13.5. The zero-order chi connectivity index (χ0) is 16.2. The van der Waals surface area contributed by atoms with E-state index in [1.165, 1.54) is 11.1 Å². The molecule has 0 saturated heterocycles. The zero-order valence-electron chi connectivity index (χ0n) is 13.5. The van der Waals surface area contributed by atoms with Crippen LogP contribution in [0.3, 0.4) is 0 Å². The molecule has 0 aliphatic rings. The monoisotopic (exact) mass is 308 g/mol. The Balaban J connectivity index is 2.28. The predicted octanol–water partition coefficient (Wildman–Crippen LogP) is 3.01. The van der Waals surface area contributed by atoms with Crippen LogP contribution in [-0.2, 0) is 0 Å². The smallest absolute Gasteiger partial charge is 0.280 e. The molecule has 0 amide bonds. The normalized spacial score (nSPS) is 10.7. The third-order valence-corrected chi connectivity index (χ3v) is 3.96. The molecule has 3 rings (SSSR count). The second-order valence-corrected chi connectivity index (χ2v) is 5.49. The molecule has 1 heterocycles. The highest BCUT2D eigenvalue weighted by molar-refractivity contribution is 6.02. The Labute approximate surface area is 136 Å². The van der Waals surface area contributed by atoms with Crippen molar-refractivity contribution in [1.82, 2.24) is 0 Å². The van der Waals surface area contributed by atoms with E-state index in [2.05, 4.69) is 53.6 Å². The van der Waals surface area contributed by atoms with Gasteiger partial charge in [0.05, 0.1) is 19.0 Å². The van der Waals surface area contributed by atoms with Gasteiger partial charge in [-0.2, -0.15) is 0 Å². The van der Waals surface area contributed by atoms with Crippen molar-refractivity contribution in [2.24, 2.45) is 5.73 Å². The number of H-pyrrole nitrogens is 1. The molecule has 4 heteroatoms. The summed E-state index contributed by atoms with van der Waals surface area (Å²) in [5.74, 6) is 1.84. The molecule has 0 unspecified atom stereocenters. The van der Waals surface area contributed by atoms with Gasteiger partial charge in [0.25, 0.3) is 5.82 Å².